The zero-order valence-electron chi connectivity index (χ0n) is 4.09. The largest absolute Gasteiger partial charge is 3.00 e. The summed E-state index contributed by atoms with van der Waals surface area (Å²) in [6.07, 6.45) is 0. The monoisotopic (exact) mass is 335 g/mol. The molecule has 0 heterocycles. The van der Waals surface area contributed by atoms with Gasteiger partial charge in [-0.1, -0.05) is 0 Å². The van der Waals surface area contributed by atoms with Crippen LogP contribution < -0.4 is 0 Å². The summed E-state index contributed by atoms with van der Waals surface area (Å²) in [6.45, 7) is 0. The van der Waals surface area contributed by atoms with E-state index < -0.39 is 0 Å². The van der Waals surface area contributed by atoms with Crippen LogP contribution in [0.25, 0.3) is 0 Å². The van der Waals surface area contributed by atoms with E-state index in [0.717, 1.165) is 16.0 Å². The van der Waals surface area contributed by atoms with Gasteiger partial charge in [0.25, 0.3) is 0 Å². The Labute approximate surface area is 69.3 Å². The maximum absolute atomic E-state index is 8.00. The van der Waals surface area contributed by atoms with E-state index in [-0.39, 0.29) is 22.4 Å². The van der Waals surface area contributed by atoms with Crippen LogP contribution in [0.1, 0.15) is 0 Å². The Morgan fingerprint density at radius 2 is 0.700 bits per heavy atom. The average Bonchev–Trinajstić information content (AvgIpc) is 1.70. The third kappa shape index (κ3) is 218. The summed E-state index contributed by atoms with van der Waals surface area (Å²) < 4.78 is 0. The molecular weight excluding hydrogens is 335 g/mol. The molecule has 9 nitrogen and oxygen atoms in total. The second-order valence-corrected chi connectivity index (χ2v) is 0.224. The molecule has 0 saturated heterocycles. The second-order valence-electron chi connectivity index (χ2n) is 0.224. The van der Waals surface area contributed by atoms with Gasteiger partial charge in [0.15, 0.2) is 0 Å². The fourth-order valence-corrected chi connectivity index (χ4v) is 0. The third-order valence-corrected chi connectivity index (χ3v) is 0. The smallest absolute Gasteiger partial charge is 0.444 e. The van der Waals surface area contributed by atoms with Crippen molar-refractivity contribution in [2.24, 2.45) is 16.0 Å². The first-order valence-electron chi connectivity index (χ1n) is 1.10. The molecule has 0 aromatic heterocycles. The first kappa shape index (κ1) is 23.1. The molecule has 0 aliphatic rings. The van der Waals surface area contributed by atoms with E-state index in [2.05, 4.69) is 0 Å². The molecule has 0 aliphatic carbocycles. The van der Waals surface area contributed by atoms with Crippen LogP contribution in [0, 0.1) is 30.3 Å². The van der Waals surface area contributed by atoms with E-state index in [4.69, 9.17) is 30.3 Å². The zero-order valence-corrected chi connectivity index (χ0v) is 6.26. The zero-order chi connectivity index (χ0) is 8.12. The minimum Gasteiger partial charge on any atom is -0.444 e. The maximum atomic E-state index is 8.00. The molecule has 0 amide bonds. The molecule has 0 unspecified atom stereocenters. The van der Waals surface area contributed by atoms with Crippen molar-refractivity contribution in [3.8, 4) is 0 Å². The summed E-state index contributed by atoms with van der Waals surface area (Å²) in [7, 11) is 0. The molecule has 0 saturated carbocycles. The van der Waals surface area contributed by atoms with Crippen LogP contribution in [0.4, 0.5) is 0 Å². The molecule has 0 aliphatic heterocycles. The number of nitrogens with zero attached hydrogens (tertiary/aromatic N) is 3. The predicted molar refractivity (Wildman–Crippen MR) is 27.5 cm³/mol. The van der Waals surface area contributed by atoms with Gasteiger partial charge in [-0.25, -0.2) is 0 Å². The van der Waals surface area contributed by atoms with Gasteiger partial charge in [0.2, 0.25) is 0 Å². The molecule has 62 valence electrons. The van der Waals surface area contributed by atoms with E-state index >= 15 is 0 Å². The molecule has 10 heteroatoms. The summed E-state index contributed by atoms with van der Waals surface area (Å²) in [5.41, 5.74) is 0. The van der Waals surface area contributed by atoms with Crippen LogP contribution in [-0.2, 0) is 22.4 Å². The first-order valence-corrected chi connectivity index (χ1v) is 1.10. The molecule has 0 bridgehead atoms. The molecule has 0 aromatic rings. The fourth-order valence-electron chi connectivity index (χ4n) is 0. The van der Waals surface area contributed by atoms with E-state index in [0.29, 0.717) is 0 Å². The molecule has 10 heavy (non-hydrogen) atoms. The van der Waals surface area contributed by atoms with Crippen LogP contribution in [-0.4, -0.2) is 0 Å². The Bertz CT molecular complexity index is 49.7. The number of rotatable bonds is 0. The molecule has 0 fully saturated rings. The molecule has 0 rings (SSSR count). The Kier molecular flexibility index (Phi) is 235. The topological polar surface area (TPSA) is 157 Å². The second kappa shape index (κ2) is 102. The van der Waals surface area contributed by atoms with Gasteiger partial charge in [-0.2, -0.15) is 0 Å². The molecule has 0 radical (unpaired) electrons. The van der Waals surface area contributed by atoms with Crippen molar-refractivity contribution >= 4 is 0 Å². The van der Waals surface area contributed by atoms with Crippen molar-refractivity contribution in [1.29, 1.82) is 0 Å². The fraction of sp³-hybridized carbons (Fsp3) is 0. The average molecular weight is 335 g/mol. The summed E-state index contributed by atoms with van der Waals surface area (Å²) in [4.78, 5) is 24.0. The summed E-state index contributed by atoms with van der Waals surface area (Å²) >= 11 is 0. The quantitative estimate of drug-likeness (QED) is 0.361. The summed E-state index contributed by atoms with van der Waals surface area (Å²) in [5, 5.41) is 27.0. The number of hydrogen-bond donors (Lipinski definition) is 0. The van der Waals surface area contributed by atoms with Gasteiger partial charge in [0, 0.05) is 0 Å². The predicted octanol–water partition coefficient (Wildman–Crippen LogP) is 0.749. The van der Waals surface area contributed by atoms with Gasteiger partial charge in [-0.05, 0) is 0 Å². The van der Waals surface area contributed by atoms with Crippen LogP contribution in [0.15, 0.2) is 16.0 Å². The van der Waals surface area contributed by atoms with Crippen LogP contribution >= 0.6 is 0 Å². The van der Waals surface area contributed by atoms with Gasteiger partial charge in [-0.15, -0.1) is 16.0 Å². The first-order chi connectivity index (χ1) is 4.24. The Morgan fingerprint density at radius 1 is 0.700 bits per heavy atom. The Balaban J connectivity index is -0.0000000257. The molecular formula is AuN3O6. The van der Waals surface area contributed by atoms with Crippen molar-refractivity contribution in [3.63, 3.8) is 0 Å². The molecule has 0 N–H and O–H groups in total. The van der Waals surface area contributed by atoms with E-state index in [1.807, 2.05) is 0 Å². The third-order valence-electron chi connectivity index (χ3n) is 0. The minimum absolute atomic E-state index is 0. The van der Waals surface area contributed by atoms with Crippen LogP contribution in [0.5, 0.6) is 0 Å². The normalized spacial score (nSPS) is 3.60. The van der Waals surface area contributed by atoms with E-state index in [1.165, 1.54) is 0 Å². The van der Waals surface area contributed by atoms with Crippen LogP contribution in [0.2, 0.25) is 0 Å². The van der Waals surface area contributed by atoms with Gasteiger partial charge >= 0.3 is 22.4 Å². The van der Waals surface area contributed by atoms with E-state index in [9.17, 15) is 0 Å². The van der Waals surface area contributed by atoms with Gasteiger partial charge < -0.3 is 30.3 Å². The molecule has 0 aromatic carbocycles. The number of hydrogen-bond acceptors (Lipinski definition) is 9. The Morgan fingerprint density at radius 3 is 0.700 bits per heavy atom. The van der Waals surface area contributed by atoms with Gasteiger partial charge in [-0.3, -0.25) is 0 Å². The standard InChI is InChI=1S/Au.3HNO2/c;3*2-1-3/h;3*(H,2,3)/q+3;;;/p-3. The molecule has 0 atom stereocenters. The maximum Gasteiger partial charge on any atom is 3.00 e. The Hall–Kier alpha value is -1.06. The van der Waals surface area contributed by atoms with Crippen molar-refractivity contribution in [2.75, 3.05) is 0 Å². The van der Waals surface area contributed by atoms with Crippen molar-refractivity contribution in [2.45, 2.75) is 0 Å². The minimum atomic E-state index is 0. The van der Waals surface area contributed by atoms with Crippen molar-refractivity contribution in [3.05, 3.63) is 30.3 Å². The molecule has 0 spiro atoms. The van der Waals surface area contributed by atoms with E-state index in [1.54, 1.807) is 0 Å². The van der Waals surface area contributed by atoms with Crippen molar-refractivity contribution in [1.82, 2.24) is 0 Å². The van der Waals surface area contributed by atoms with Crippen LogP contribution in [0.3, 0.4) is 0 Å². The van der Waals surface area contributed by atoms with Gasteiger partial charge in [0.1, 0.15) is 0 Å². The summed E-state index contributed by atoms with van der Waals surface area (Å²) in [6, 6.07) is 0. The van der Waals surface area contributed by atoms with Gasteiger partial charge in [0.05, 0.1) is 0 Å². The van der Waals surface area contributed by atoms with Crippen molar-refractivity contribution < 1.29 is 22.4 Å². The SMILES string of the molecule is O=N[O-].O=N[O-].O=N[O-].[Au+3]. The summed E-state index contributed by atoms with van der Waals surface area (Å²) in [5.74, 6) is 0.